The molecular formula is C36H40O12. The molecule has 5 aliphatic carbocycles. The highest BCUT2D eigenvalue weighted by atomic mass is 16.9. The van der Waals surface area contributed by atoms with Crippen LogP contribution in [0.15, 0.2) is 46.3 Å². The summed E-state index contributed by atoms with van der Waals surface area (Å²) in [7, 11) is 0. The standard InChI is InChI=1S/C36H40O12/c1-7-18(2)26(40)45-27-30(5)17-34-32(10-8-21(38)14-22(30)32)33-12-11-29(4)23(15-24(39)44-25(29)20-9-13-42-16-20)36(33,48-31(6,46-33)47-34)28(35(27,34)41)43-19(3)37/h7,9,13,15-16,22,25,27-28,41H,8,10-12,14,17H2,1-6H3/b18-7-/t22-,25-,27-,28+,29+,30+,31?,32+,33-,34-,35-,36+/m0/s1. The lowest BCUT2D eigenvalue weighted by Crippen LogP contribution is -2.93. The number of carbonyl (C=O) groups excluding carboxylic acids is 4. The van der Waals surface area contributed by atoms with Crippen molar-refractivity contribution in [2.75, 3.05) is 0 Å². The van der Waals surface area contributed by atoms with E-state index in [-0.39, 0.29) is 25.0 Å². The van der Waals surface area contributed by atoms with Crippen molar-refractivity contribution in [2.45, 2.75) is 127 Å². The van der Waals surface area contributed by atoms with Crippen molar-refractivity contribution >= 4 is 23.7 Å². The molecule has 4 heterocycles. The summed E-state index contributed by atoms with van der Waals surface area (Å²) in [6.07, 6.45) is 4.07. The molecule has 1 aromatic rings. The number of cyclic esters (lactones) is 1. The van der Waals surface area contributed by atoms with Gasteiger partial charge in [0.15, 0.2) is 17.3 Å². The molecule has 1 aromatic heterocycles. The summed E-state index contributed by atoms with van der Waals surface area (Å²) >= 11 is 0. The Bertz CT molecular complexity index is 1780. The molecule has 12 heteroatoms. The lowest BCUT2D eigenvalue weighted by atomic mass is 9.32. The minimum atomic E-state index is -2.19. The van der Waals surface area contributed by atoms with Crippen molar-refractivity contribution in [3.63, 3.8) is 0 Å². The molecule has 256 valence electrons. The van der Waals surface area contributed by atoms with Gasteiger partial charge in [0, 0.05) is 60.1 Å². The van der Waals surface area contributed by atoms with E-state index in [2.05, 4.69) is 0 Å². The Morgan fingerprint density at radius 3 is 2.44 bits per heavy atom. The fourth-order valence-corrected chi connectivity index (χ4v) is 12.7. The van der Waals surface area contributed by atoms with Crippen molar-refractivity contribution in [3.8, 4) is 0 Å². The van der Waals surface area contributed by atoms with Crippen molar-refractivity contribution in [1.82, 2.24) is 0 Å². The monoisotopic (exact) mass is 664 g/mol. The number of esters is 3. The molecular weight excluding hydrogens is 624 g/mol. The fourth-order valence-electron chi connectivity index (χ4n) is 12.7. The third kappa shape index (κ3) is 2.87. The molecule has 1 unspecified atom stereocenters. The van der Waals surface area contributed by atoms with Gasteiger partial charge in [-0.05, 0) is 57.1 Å². The van der Waals surface area contributed by atoms with E-state index in [0.29, 0.717) is 36.0 Å². The van der Waals surface area contributed by atoms with Crippen molar-refractivity contribution < 1.29 is 57.1 Å². The van der Waals surface area contributed by atoms with Crippen LogP contribution >= 0.6 is 0 Å². The van der Waals surface area contributed by atoms with Gasteiger partial charge in [0.2, 0.25) is 0 Å². The summed E-state index contributed by atoms with van der Waals surface area (Å²) in [5.41, 5.74) is -8.45. The number of furan rings is 1. The highest BCUT2D eigenvalue weighted by Crippen LogP contribution is 2.91. The van der Waals surface area contributed by atoms with E-state index in [0.717, 1.165) is 0 Å². The molecule has 8 aliphatic rings. The number of ketones is 1. The summed E-state index contributed by atoms with van der Waals surface area (Å²) in [4.78, 5) is 54.0. The maximum absolute atomic E-state index is 13.8. The number of fused-ring (bicyclic) bond motifs is 4. The molecule has 2 saturated heterocycles. The van der Waals surface area contributed by atoms with Crippen molar-refractivity contribution in [1.29, 1.82) is 0 Å². The molecule has 5 saturated carbocycles. The van der Waals surface area contributed by atoms with E-state index in [1.165, 1.54) is 25.5 Å². The van der Waals surface area contributed by atoms with Crippen molar-refractivity contribution in [3.05, 3.63) is 47.5 Å². The van der Waals surface area contributed by atoms with E-state index in [9.17, 15) is 24.3 Å². The summed E-state index contributed by atoms with van der Waals surface area (Å²) in [6, 6.07) is 1.74. The number of hydrogen-bond donors (Lipinski definition) is 1. The maximum atomic E-state index is 13.8. The normalized spacial score (nSPS) is 52.2. The maximum Gasteiger partial charge on any atom is 0.333 e. The van der Waals surface area contributed by atoms with Crippen LogP contribution < -0.4 is 0 Å². The van der Waals surface area contributed by atoms with E-state index >= 15 is 0 Å². The van der Waals surface area contributed by atoms with Gasteiger partial charge in [-0.1, -0.05) is 19.9 Å². The summed E-state index contributed by atoms with van der Waals surface area (Å²) in [5.74, 6) is -4.18. The van der Waals surface area contributed by atoms with Gasteiger partial charge >= 0.3 is 17.9 Å². The SMILES string of the molecule is C/C=C(/C)C(=O)O[C@H]1[C@]2(C)C[C@@]34OC5(C)O[C@@]6(CC[C@]7(C)C(=CC(=O)O[C@H]7c7ccoc7)[C@@]6(O5)[C@H](OC(C)=O)[C@@]13O)[C@]41CCC(=O)C[C@@H]21. The van der Waals surface area contributed by atoms with Crippen LogP contribution in [0.25, 0.3) is 0 Å². The van der Waals surface area contributed by atoms with Crippen LogP contribution in [0.2, 0.25) is 0 Å². The summed E-state index contributed by atoms with van der Waals surface area (Å²) in [6.45, 7) is 10.1. The van der Waals surface area contributed by atoms with Crippen LogP contribution in [0.1, 0.15) is 91.7 Å². The predicted octanol–water partition coefficient (Wildman–Crippen LogP) is 3.90. The fraction of sp³-hybridized carbons (Fsp3) is 0.667. The van der Waals surface area contributed by atoms with Crippen LogP contribution in [-0.4, -0.2) is 69.4 Å². The van der Waals surface area contributed by atoms with Gasteiger partial charge in [-0.25, -0.2) is 9.59 Å². The Hall–Kier alpha value is -3.32. The average molecular weight is 665 g/mol. The molecule has 12 atom stereocenters. The average Bonchev–Trinajstić information content (AvgIpc) is 3.73. The van der Waals surface area contributed by atoms with E-state index < -0.39 is 86.8 Å². The molecule has 0 radical (unpaired) electrons. The molecule has 7 fully saturated rings. The molecule has 4 bridgehead atoms. The first-order valence-corrected chi connectivity index (χ1v) is 16.9. The smallest absolute Gasteiger partial charge is 0.333 e. The molecule has 0 amide bonds. The highest BCUT2D eigenvalue weighted by Gasteiger charge is 3.04. The van der Waals surface area contributed by atoms with Crippen LogP contribution in [0, 0.1) is 22.2 Å². The third-order valence-electron chi connectivity index (χ3n) is 14.0. The van der Waals surface area contributed by atoms with Crippen LogP contribution in [0.5, 0.6) is 0 Å². The number of rotatable bonds is 4. The number of carbonyl (C=O) groups is 4. The van der Waals surface area contributed by atoms with E-state index in [1.807, 2.05) is 13.8 Å². The zero-order valence-electron chi connectivity index (χ0n) is 27.9. The second kappa shape index (κ2) is 8.69. The van der Waals surface area contributed by atoms with E-state index in [4.69, 9.17) is 32.8 Å². The lowest BCUT2D eigenvalue weighted by Gasteiger charge is -2.77. The van der Waals surface area contributed by atoms with Gasteiger partial charge in [-0.3, -0.25) is 9.59 Å². The quantitative estimate of drug-likeness (QED) is 0.282. The molecule has 1 N–H and O–H groups in total. The highest BCUT2D eigenvalue weighted by molar-refractivity contribution is 5.88. The summed E-state index contributed by atoms with van der Waals surface area (Å²) in [5, 5.41) is 13.8. The molecule has 3 aliphatic heterocycles. The Morgan fingerprint density at radius 2 is 1.75 bits per heavy atom. The number of Topliss-reactive ketones (excluding diaryl/α,β-unsaturated/α-hetero) is 1. The number of aliphatic hydroxyl groups is 1. The van der Waals surface area contributed by atoms with Crippen LogP contribution in [0.4, 0.5) is 0 Å². The second-order valence-corrected chi connectivity index (χ2v) is 15.9. The first kappa shape index (κ1) is 30.7. The Kier molecular flexibility index (Phi) is 5.56. The van der Waals surface area contributed by atoms with Gasteiger partial charge in [0.25, 0.3) is 5.97 Å². The zero-order valence-corrected chi connectivity index (χ0v) is 27.9. The van der Waals surface area contributed by atoms with Gasteiger partial charge < -0.3 is 37.9 Å². The number of ether oxygens (including phenoxy) is 6. The third-order valence-corrected chi connectivity index (χ3v) is 14.0. The minimum Gasteiger partial charge on any atom is -0.472 e. The van der Waals surface area contributed by atoms with Crippen LogP contribution in [0.3, 0.4) is 0 Å². The molecule has 0 aromatic carbocycles. The predicted molar refractivity (Wildman–Crippen MR) is 160 cm³/mol. The topological polar surface area (TPSA) is 157 Å². The molecule has 12 nitrogen and oxygen atoms in total. The van der Waals surface area contributed by atoms with Crippen molar-refractivity contribution in [2.24, 2.45) is 22.2 Å². The number of hydrogen-bond acceptors (Lipinski definition) is 12. The van der Waals surface area contributed by atoms with Gasteiger partial charge in [-0.2, -0.15) is 0 Å². The lowest BCUT2D eigenvalue weighted by molar-refractivity contribution is -0.479. The Balaban J connectivity index is 1.38. The Labute approximate surface area is 277 Å². The summed E-state index contributed by atoms with van der Waals surface area (Å²) < 4.78 is 45.4. The van der Waals surface area contributed by atoms with Gasteiger partial charge in [-0.15, -0.1) is 0 Å². The second-order valence-electron chi connectivity index (χ2n) is 15.9. The van der Waals surface area contributed by atoms with Gasteiger partial charge in [0.1, 0.15) is 29.2 Å². The molecule has 9 rings (SSSR count). The molecule has 48 heavy (non-hydrogen) atoms. The van der Waals surface area contributed by atoms with Gasteiger partial charge in [0.05, 0.1) is 12.5 Å². The number of allylic oxidation sites excluding steroid dienone is 1. The first-order chi connectivity index (χ1) is 22.5. The molecule has 3 spiro atoms. The largest absolute Gasteiger partial charge is 0.472 e. The van der Waals surface area contributed by atoms with E-state index in [1.54, 1.807) is 32.9 Å². The minimum absolute atomic E-state index is 0.0558. The van der Waals surface area contributed by atoms with Crippen LogP contribution in [-0.2, 0) is 47.6 Å². The Morgan fingerprint density at radius 1 is 1.00 bits per heavy atom. The zero-order chi connectivity index (χ0) is 34.1. The first-order valence-electron chi connectivity index (χ1n) is 16.9.